The lowest BCUT2D eigenvalue weighted by atomic mass is 10.3. The van der Waals surface area contributed by atoms with Gasteiger partial charge in [0.1, 0.15) is 0 Å². The van der Waals surface area contributed by atoms with Crippen LogP contribution >= 0.6 is 15.9 Å². The zero-order chi connectivity index (χ0) is 12.1. The fraction of sp³-hybridized carbons (Fsp3) is 0.300. The first-order valence-corrected chi connectivity index (χ1v) is 5.59. The van der Waals surface area contributed by atoms with E-state index in [-0.39, 0.29) is 0 Å². The van der Waals surface area contributed by atoms with Crippen molar-refractivity contribution in [3.05, 3.63) is 22.4 Å². The number of aromatic nitrogens is 3. The Morgan fingerprint density at radius 2 is 2.19 bits per heavy atom. The molecule has 16 heavy (non-hydrogen) atoms. The van der Waals surface area contributed by atoms with Gasteiger partial charge in [0.05, 0.1) is 12.5 Å². The lowest BCUT2D eigenvalue weighted by Crippen LogP contribution is -2.01. The highest BCUT2D eigenvalue weighted by Crippen LogP contribution is 2.18. The van der Waals surface area contributed by atoms with Crippen LogP contribution in [0.1, 0.15) is 24.3 Å². The number of hydrogen-bond acceptors (Lipinski definition) is 4. The molecule has 0 unspecified atom stereocenters. The van der Waals surface area contributed by atoms with E-state index in [1.165, 1.54) is 7.11 Å². The van der Waals surface area contributed by atoms with Crippen molar-refractivity contribution < 1.29 is 9.53 Å². The Balaban J connectivity index is 0.000000606. The summed E-state index contributed by atoms with van der Waals surface area (Å²) in [5, 5.41) is 7.10. The Morgan fingerprint density at radius 3 is 2.81 bits per heavy atom. The zero-order valence-electron chi connectivity index (χ0n) is 9.24. The summed E-state index contributed by atoms with van der Waals surface area (Å²) in [6, 6.07) is 1.76. The first-order chi connectivity index (χ1) is 7.72. The van der Waals surface area contributed by atoms with Crippen LogP contribution in [0.2, 0.25) is 0 Å². The van der Waals surface area contributed by atoms with Crippen LogP contribution < -0.4 is 0 Å². The van der Waals surface area contributed by atoms with Gasteiger partial charge in [-0.1, -0.05) is 13.8 Å². The van der Waals surface area contributed by atoms with E-state index in [1.54, 1.807) is 12.3 Å². The molecule has 0 atom stereocenters. The predicted molar refractivity (Wildman–Crippen MR) is 64.3 cm³/mol. The molecule has 6 heteroatoms. The molecule has 0 aromatic carbocycles. The number of methoxy groups -OCH3 is 1. The Hall–Kier alpha value is -1.43. The lowest BCUT2D eigenvalue weighted by Gasteiger charge is -1.95. The maximum absolute atomic E-state index is 11.3. The van der Waals surface area contributed by atoms with Crippen LogP contribution in [0.5, 0.6) is 0 Å². The minimum atomic E-state index is -0.451. The summed E-state index contributed by atoms with van der Waals surface area (Å²) in [6.45, 7) is 4.00. The van der Waals surface area contributed by atoms with Gasteiger partial charge in [0.2, 0.25) is 0 Å². The minimum absolute atomic E-state index is 0.316. The summed E-state index contributed by atoms with van der Waals surface area (Å²) in [5.74, 6) is -0.451. The number of pyridine rings is 1. The third kappa shape index (κ3) is 2.38. The molecule has 86 valence electrons. The SMILES string of the molecule is CC.COC(=O)c1[nH]nc2ncc(Br)cc12. The number of carbonyl (C=O) groups is 1. The van der Waals surface area contributed by atoms with E-state index in [4.69, 9.17) is 0 Å². The summed E-state index contributed by atoms with van der Waals surface area (Å²) >= 11 is 3.27. The Labute approximate surface area is 101 Å². The molecule has 2 heterocycles. The molecule has 2 aromatic rings. The highest BCUT2D eigenvalue weighted by molar-refractivity contribution is 9.10. The van der Waals surface area contributed by atoms with Crippen LogP contribution in [0.15, 0.2) is 16.7 Å². The number of carbonyl (C=O) groups excluding carboxylic acids is 1. The monoisotopic (exact) mass is 285 g/mol. The number of nitrogens with one attached hydrogen (secondary N) is 1. The van der Waals surface area contributed by atoms with Gasteiger partial charge in [0.15, 0.2) is 11.3 Å². The van der Waals surface area contributed by atoms with E-state index in [9.17, 15) is 4.79 Å². The molecule has 2 rings (SSSR count). The molecule has 1 N–H and O–H groups in total. The van der Waals surface area contributed by atoms with Crippen molar-refractivity contribution >= 4 is 32.9 Å². The third-order valence-electron chi connectivity index (χ3n) is 1.77. The molecule has 0 aliphatic carbocycles. The van der Waals surface area contributed by atoms with E-state index in [1.807, 2.05) is 13.8 Å². The van der Waals surface area contributed by atoms with Gasteiger partial charge in [0, 0.05) is 10.7 Å². The van der Waals surface area contributed by atoms with Crippen LogP contribution in [0.3, 0.4) is 0 Å². The molecular formula is C10H12BrN3O2. The molecule has 0 bridgehead atoms. The van der Waals surface area contributed by atoms with Crippen molar-refractivity contribution in [3.8, 4) is 0 Å². The number of H-pyrrole nitrogens is 1. The molecule has 0 saturated heterocycles. The number of halogens is 1. The van der Waals surface area contributed by atoms with E-state index in [0.717, 1.165) is 4.47 Å². The van der Waals surface area contributed by atoms with E-state index in [2.05, 4.69) is 35.8 Å². The number of nitrogens with zero attached hydrogens (tertiary/aromatic N) is 2. The van der Waals surface area contributed by atoms with E-state index in [0.29, 0.717) is 16.7 Å². The zero-order valence-corrected chi connectivity index (χ0v) is 10.8. The number of fused-ring (bicyclic) bond motifs is 1. The standard InChI is InChI=1S/C8H6BrN3O2.C2H6/c1-14-8(13)6-5-2-4(9)3-10-7(5)12-11-6;1-2/h2-3H,1H3,(H,10,11,12);1-2H3. The minimum Gasteiger partial charge on any atom is -0.464 e. The van der Waals surface area contributed by atoms with Gasteiger partial charge in [-0.15, -0.1) is 0 Å². The second kappa shape index (κ2) is 5.60. The first-order valence-electron chi connectivity index (χ1n) is 4.80. The number of hydrogen-bond donors (Lipinski definition) is 1. The maximum atomic E-state index is 11.3. The van der Waals surface area contributed by atoms with Crippen molar-refractivity contribution in [2.45, 2.75) is 13.8 Å². The van der Waals surface area contributed by atoms with Gasteiger partial charge in [-0.25, -0.2) is 9.78 Å². The topological polar surface area (TPSA) is 67.9 Å². The smallest absolute Gasteiger partial charge is 0.356 e. The summed E-state index contributed by atoms with van der Waals surface area (Å²) in [5.41, 5.74) is 0.810. The fourth-order valence-corrected chi connectivity index (χ4v) is 1.46. The second-order valence-electron chi connectivity index (χ2n) is 2.61. The Morgan fingerprint density at radius 1 is 1.50 bits per heavy atom. The molecule has 2 aromatic heterocycles. The maximum Gasteiger partial charge on any atom is 0.356 e. The molecule has 0 fully saturated rings. The van der Waals surface area contributed by atoms with Gasteiger partial charge in [-0.3, -0.25) is 5.10 Å². The molecule has 0 amide bonds. The normalized spacial score (nSPS) is 9.50. The van der Waals surface area contributed by atoms with Gasteiger partial charge in [-0.2, -0.15) is 5.10 Å². The molecule has 0 aliphatic heterocycles. The van der Waals surface area contributed by atoms with Crippen molar-refractivity contribution in [2.75, 3.05) is 7.11 Å². The number of aromatic amines is 1. The van der Waals surface area contributed by atoms with Gasteiger partial charge in [0.25, 0.3) is 0 Å². The van der Waals surface area contributed by atoms with Crippen LogP contribution in [0.25, 0.3) is 11.0 Å². The van der Waals surface area contributed by atoms with Crippen molar-refractivity contribution in [2.24, 2.45) is 0 Å². The number of esters is 1. The van der Waals surface area contributed by atoms with Crippen molar-refractivity contribution in [1.29, 1.82) is 0 Å². The molecule has 5 nitrogen and oxygen atoms in total. The highest BCUT2D eigenvalue weighted by atomic mass is 79.9. The van der Waals surface area contributed by atoms with Gasteiger partial charge in [-0.05, 0) is 22.0 Å². The van der Waals surface area contributed by atoms with E-state index < -0.39 is 5.97 Å². The van der Waals surface area contributed by atoms with E-state index >= 15 is 0 Å². The quantitative estimate of drug-likeness (QED) is 0.818. The molecule has 0 saturated carbocycles. The van der Waals surface area contributed by atoms with Crippen LogP contribution in [-0.2, 0) is 4.74 Å². The second-order valence-corrected chi connectivity index (χ2v) is 3.53. The Kier molecular flexibility index (Phi) is 4.42. The molecule has 0 aliphatic rings. The summed E-state index contributed by atoms with van der Waals surface area (Å²) < 4.78 is 5.38. The van der Waals surface area contributed by atoms with Crippen LogP contribution in [0, 0.1) is 0 Å². The Bertz CT molecular complexity index is 496. The summed E-state index contributed by atoms with van der Waals surface area (Å²) in [4.78, 5) is 15.3. The first kappa shape index (κ1) is 12.6. The molecular weight excluding hydrogens is 274 g/mol. The predicted octanol–water partition coefficient (Wildman–Crippen LogP) is 2.53. The van der Waals surface area contributed by atoms with Gasteiger partial charge >= 0.3 is 5.97 Å². The summed E-state index contributed by atoms with van der Waals surface area (Å²) in [6.07, 6.45) is 1.62. The number of rotatable bonds is 1. The molecule has 0 radical (unpaired) electrons. The van der Waals surface area contributed by atoms with Crippen molar-refractivity contribution in [1.82, 2.24) is 15.2 Å². The molecule has 0 spiro atoms. The lowest BCUT2D eigenvalue weighted by molar-refractivity contribution is 0.0596. The van der Waals surface area contributed by atoms with Crippen molar-refractivity contribution in [3.63, 3.8) is 0 Å². The third-order valence-corrected chi connectivity index (χ3v) is 2.20. The largest absolute Gasteiger partial charge is 0.464 e. The van der Waals surface area contributed by atoms with Crippen LogP contribution in [0.4, 0.5) is 0 Å². The number of ether oxygens (including phenoxy) is 1. The summed E-state index contributed by atoms with van der Waals surface area (Å²) in [7, 11) is 1.32. The fourth-order valence-electron chi connectivity index (χ4n) is 1.13. The average Bonchev–Trinajstić information content (AvgIpc) is 2.73. The average molecular weight is 286 g/mol. The highest BCUT2D eigenvalue weighted by Gasteiger charge is 2.14. The van der Waals surface area contributed by atoms with Crippen LogP contribution in [-0.4, -0.2) is 28.3 Å². The van der Waals surface area contributed by atoms with Gasteiger partial charge < -0.3 is 4.74 Å².